The average Bonchev–Trinajstić information content (AvgIpc) is 2.71. The molecule has 52 valence electrons. The van der Waals surface area contributed by atoms with E-state index in [2.05, 4.69) is 40.8 Å². The zero-order chi connectivity index (χ0) is 6.97. The fourth-order valence-corrected chi connectivity index (χ4v) is 1.70. The molecule has 0 radical (unpaired) electrons. The number of epoxide rings is 1. The lowest BCUT2D eigenvalue weighted by Crippen LogP contribution is -1.83. The highest BCUT2D eigenvalue weighted by Crippen LogP contribution is 2.32. The van der Waals surface area contributed by atoms with E-state index in [1.54, 1.807) is 0 Å². The van der Waals surface area contributed by atoms with Crippen LogP contribution in [0.1, 0.15) is 11.7 Å². The van der Waals surface area contributed by atoms with E-state index >= 15 is 0 Å². The van der Waals surface area contributed by atoms with E-state index in [0.717, 1.165) is 6.61 Å². The van der Waals surface area contributed by atoms with Crippen molar-refractivity contribution in [3.05, 3.63) is 33.4 Å². The fraction of sp³-hybridized carbons (Fsp3) is 0.250. The predicted octanol–water partition coefficient (Wildman–Crippen LogP) is 2.36. The molecule has 2 heteroatoms. The first-order valence-electron chi connectivity index (χ1n) is 3.24. The van der Waals surface area contributed by atoms with Crippen molar-refractivity contribution >= 4 is 22.6 Å². The molecule has 1 aromatic carbocycles. The summed E-state index contributed by atoms with van der Waals surface area (Å²) in [4.78, 5) is 0. The average molecular weight is 246 g/mol. The molecule has 0 aliphatic carbocycles. The molecular weight excluding hydrogens is 239 g/mol. The van der Waals surface area contributed by atoms with E-state index in [1.165, 1.54) is 9.13 Å². The minimum Gasteiger partial charge on any atom is -0.368 e. The lowest BCUT2D eigenvalue weighted by Gasteiger charge is -1.96. The van der Waals surface area contributed by atoms with E-state index < -0.39 is 0 Å². The zero-order valence-electron chi connectivity index (χ0n) is 5.38. The molecule has 1 atom stereocenters. The Morgan fingerprint density at radius 3 is 2.70 bits per heavy atom. The summed E-state index contributed by atoms with van der Waals surface area (Å²) in [5.74, 6) is 0. The molecule has 1 nitrogen and oxygen atoms in total. The van der Waals surface area contributed by atoms with Gasteiger partial charge in [0.15, 0.2) is 0 Å². The maximum Gasteiger partial charge on any atom is 0.107 e. The Morgan fingerprint density at radius 1 is 1.40 bits per heavy atom. The van der Waals surface area contributed by atoms with Gasteiger partial charge in [-0.1, -0.05) is 18.2 Å². The van der Waals surface area contributed by atoms with Crippen LogP contribution in [0.15, 0.2) is 24.3 Å². The summed E-state index contributed by atoms with van der Waals surface area (Å²) < 4.78 is 6.48. The first kappa shape index (κ1) is 6.61. The summed E-state index contributed by atoms with van der Waals surface area (Å²) in [5.41, 5.74) is 1.34. The molecule has 10 heavy (non-hydrogen) atoms. The van der Waals surface area contributed by atoms with Crippen molar-refractivity contribution in [3.63, 3.8) is 0 Å². The molecule has 1 heterocycles. The first-order valence-corrected chi connectivity index (χ1v) is 4.32. The summed E-state index contributed by atoms with van der Waals surface area (Å²) in [6, 6.07) is 8.34. The van der Waals surface area contributed by atoms with Gasteiger partial charge in [0.1, 0.15) is 6.10 Å². The van der Waals surface area contributed by atoms with E-state index in [-0.39, 0.29) is 0 Å². The largest absolute Gasteiger partial charge is 0.368 e. The van der Waals surface area contributed by atoms with Crippen LogP contribution in [-0.4, -0.2) is 6.61 Å². The third-order valence-electron chi connectivity index (χ3n) is 1.59. The Hall–Kier alpha value is -0.0900. The molecule has 1 aliphatic rings. The van der Waals surface area contributed by atoms with Crippen LogP contribution in [0.25, 0.3) is 0 Å². The molecular formula is C8H7IO. The zero-order valence-corrected chi connectivity index (χ0v) is 7.54. The first-order chi connectivity index (χ1) is 4.88. The van der Waals surface area contributed by atoms with Crippen molar-refractivity contribution in [2.45, 2.75) is 6.10 Å². The highest BCUT2D eigenvalue weighted by Gasteiger charge is 2.25. The Labute approximate surface area is 73.5 Å². The number of benzene rings is 1. The van der Waals surface area contributed by atoms with Crippen LogP contribution in [-0.2, 0) is 4.74 Å². The van der Waals surface area contributed by atoms with E-state index in [1.807, 2.05) is 6.07 Å². The second-order valence-corrected chi connectivity index (χ2v) is 3.51. The number of hydrogen-bond donors (Lipinski definition) is 0. The third kappa shape index (κ3) is 1.18. The maximum atomic E-state index is 5.17. The topological polar surface area (TPSA) is 12.5 Å². The smallest absolute Gasteiger partial charge is 0.107 e. The molecule has 0 unspecified atom stereocenters. The monoisotopic (exact) mass is 246 g/mol. The van der Waals surface area contributed by atoms with Gasteiger partial charge < -0.3 is 4.74 Å². The molecule has 0 bridgehead atoms. The predicted molar refractivity (Wildman–Crippen MR) is 47.9 cm³/mol. The molecule has 1 fully saturated rings. The summed E-state index contributed by atoms with van der Waals surface area (Å²) in [5, 5.41) is 0. The lowest BCUT2D eigenvalue weighted by atomic mass is 10.2. The Kier molecular flexibility index (Phi) is 1.66. The highest BCUT2D eigenvalue weighted by atomic mass is 127. The summed E-state index contributed by atoms with van der Waals surface area (Å²) in [6.07, 6.45) is 0.396. The normalized spacial score (nSPS) is 22.7. The molecule has 2 rings (SSSR count). The van der Waals surface area contributed by atoms with Crippen LogP contribution in [0.5, 0.6) is 0 Å². The van der Waals surface area contributed by atoms with E-state index in [9.17, 15) is 0 Å². The van der Waals surface area contributed by atoms with Crippen LogP contribution < -0.4 is 0 Å². The summed E-state index contributed by atoms with van der Waals surface area (Å²) >= 11 is 2.34. The van der Waals surface area contributed by atoms with Crippen molar-refractivity contribution < 1.29 is 4.74 Å². The number of hydrogen-bond acceptors (Lipinski definition) is 1. The molecule has 0 spiro atoms. The van der Waals surface area contributed by atoms with Gasteiger partial charge in [-0.2, -0.15) is 0 Å². The molecule has 1 aliphatic heterocycles. The van der Waals surface area contributed by atoms with Crippen molar-refractivity contribution in [1.29, 1.82) is 0 Å². The van der Waals surface area contributed by atoms with Crippen molar-refractivity contribution in [2.75, 3.05) is 6.61 Å². The molecule has 1 saturated heterocycles. The maximum absolute atomic E-state index is 5.17. The summed E-state index contributed by atoms with van der Waals surface area (Å²) in [6.45, 7) is 0.903. The van der Waals surface area contributed by atoms with Gasteiger partial charge >= 0.3 is 0 Å². The van der Waals surface area contributed by atoms with Gasteiger partial charge in [0.2, 0.25) is 0 Å². The van der Waals surface area contributed by atoms with Crippen LogP contribution in [0, 0.1) is 3.57 Å². The van der Waals surface area contributed by atoms with Crippen LogP contribution >= 0.6 is 22.6 Å². The minimum absolute atomic E-state index is 0.396. The van der Waals surface area contributed by atoms with Crippen LogP contribution in [0.2, 0.25) is 0 Å². The second-order valence-electron chi connectivity index (χ2n) is 2.34. The van der Waals surface area contributed by atoms with Gasteiger partial charge in [0, 0.05) is 3.57 Å². The van der Waals surface area contributed by atoms with Gasteiger partial charge in [-0.3, -0.25) is 0 Å². The molecule has 0 N–H and O–H groups in total. The van der Waals surface area contributed by atoms with Gasteiger partial charge in [0.25, 0.3) is 0 Å². The standard InChI is InChI=1S/C8H7IO/c9-7-4-2-1-3-6(7)8-5-10-8/h1-4,8H,5H2/t8-/m0/s1. The van der Waals surface area contributed by atoms with Gasteiger partial charge in [-0.05, 0) is 34.2 Å². The molecule has 0 saturated carbocycles. The van der Waals surface area contributed by atoms with Gasteiger partial charge in [-0.25, -0.2) is 0 Å². The fourth-order valence-electron chi connectivity index (χ4n) is 0.964. The van der Waals surface area contributed by atoms with Gasteiger partial charge in [0.05, 0.1) is 6.61 Å². The molecule has 0 aromatic heterocycles. The number of ether oxygens (including phenoxy) is 1. The molecule has 1 aromatic rings. The third-order valence-corrected chi connectivity index (χ3v) is 2.57. The van der Waals surface area contributed by atoms with Crippen LogP contribution in [0.3, 0.4) is 0 Å². The minimum atomic E-state index is 0.396. The lowest BCUT2D eigenvalue weighted by molar-refractivity contribution is 0.415. The Bertz CT molecular complexity index is 243. The highest BCUT2D eigenvalue weighted by molar-refractivity contribution is 14.1. The van der Waals surface area contributed by atoms with Crippen molar-refractivity contribution in [1.82, 2.24) is 0 Å². The quantitative estimate of drug-likeness (QED) is 0.547. The number of rotatable bonds is 1. The van der Waals surface area contributed by atoms with Crippen molar-refractivity contribution in [2.24, 2.45) is 0 Å². The summed E-state index contributed by atoms with van der Waals surface area (Å²) in [7, 11) is 0. The van der Waals surface area contributed by atoms with Crippen molar-refractivity contribution in [3.8, 4) is 0 Å². The number of halogens is 1. The molecule has 0 amide bonds. The SMILES string of the molecule is Ic1ccccc1[C@@H]1CO1. The second kappa shape index (κ2) is 2.51. The Morgan fingerprint density at radius 2 is 2.10 bits per heavy atom. The Balaban J connectivity index is 2.39. The van der Waals surface area contributed by atoms with E-state index in [4.69, 9.17) is 4.74 Å². The van der Waals surface area contributed by atoms with Gasteiger partial charge in [-0.15, -0.1) is 0 Å². The van der Waals surface area contributed by atoms with E-state index in [0.29, 0.717) is 6.10 Å². The van der Waals surface area contributed by atoms with Crippen LogP contribution in [0.4, 0.5) is 0 Å².